The van der Waals surface area contributed by atoms with Crippen molar-refractivity contribution in [1.82, 2.24) is 0 Å². The third-order valence-electron chi connectivity index (χ3n) is 2.45. The Morgan fingerprint density at radius 2 is 1.94 bits per heavy atom. The summed E-state index contributed by atoms with van der Waals surface area (Å²) in [7, 11) is 3.86. The SMILES string of the molecule is CCOC(=O)C(C=O)c1ccc(N(C)C)cc1. The second-order valence-electron chi connectivity index (χ2n) is 3.85. The van der Waals surface area contributed by atoms with Gasteiger partial charge in [0, 0.05) is 19.8 Å². The molecule has 1 atom stereocenters. The van der Waals surface area contributed by atoms with Crippen molar-refractivity contribution in [2.24, 2.45) is 0 Å². The van der Waals surface area contributed by atoms with Crippen molar-refractivity contribution in [3.05, 3.63) is 29.8 Å². The molecule has 1 aromatic carbocycles. The van der Waals surface area contributed by atoms with Crippen LogP contribution < -0.4 is 4.90 Å². The average Bonchev–Trinajstić information content (AvgIpc) is 2.31. The highest BCUT2D eigenvalue weighted by Crippen LogP contribution is 2.19. The molecule has 17 heavy (non-hydrogen) atoms. The molecule has 0 amide bonds. The summed E-state index contributed by atoms with van der Waals surface area (Å²) < 4.78 is 4.85. The summed E-state index contributed by atoms with van der Waals surface area (Å²) >= 11 is 0. The number of carbonyl (C=O) groups excluding carboxylic acids is 2. The number of nitrogens with zero attached hydrogens (tertiary/aromatic N) is 1. The van der Waals surface area contributed by atoms with Gasteiger partial charge in [0.15, 0.2) is 0 Å². The number of anilines is 1. The zero-order valence-electron chi connectivity index (χ0n) is 10.3. The summed E-state index contributed by atoms with van der Waals surface area (Å²) in [6.07, 6.45) is 0.614. The van der Waals surface area contributed by atoms with Crippen molar-refractivity contribution in [3.8, 4) is 0 Å². The van der Waals surface area contributed by atoms with Crippen LogP contribution in [0.3, 0.4) is 0 Å². The fourth-order valence-corrected chi connectivity index (χ4v) is 1.48. The lowest BCUT2D eigenvalue weighted by Gasteiger charge is -2.14. The zero-order chi connectivity index (χ0) is 12.8. The number of rotatable bonds is 5. The van der Waals surface area contributed by atoms with E-state index in [9.17, 15) is 9.59 Å². The van der Waals surface area contributed by atoms with Crippen LogP contribution in [0.2, 0.25) is 0 Å². The third kappa shape index (κ3) is 3.31. The highest BCUT2D eigenvalue weighted by Gasteiger charge is 2.20. The van der Waals surface area contributed by atoms with Crippen molar-refractivity contribution in [1.29, 1.82) is 0 Å². The van der Waals surface area contributed by atoms with E-state index in [0.29, 0.717) is 11.8 Å². The Bertz CT molecular complexity index is 384. The number of benzene rings is 1. The van der Waals surface area contributed by atoms with Gasteiger partial charge in [-0.25, -0.2) is 0 Å². The lowest BCUT2D eigenvalue weighted by Crippen LogP contribution is -2.17. The molecule has 0 heterocycles. The van der Waals surface area contributed by atoms with Gasteiger partial charge in [-0.2, -0.15) is 0 Å². The van der Waals surface area contributed by atoms with Crippen LogP contribution in [0.1, 0.15) is 18.4 Å². The quantitative estimate of drug-likeness (QED) is 0.442. The minimum atomic E-state index is -0.828. The second kappa shape index (κ2) is 6.03. The van der Waals surface area contributed by atoms with Crippen molar-refractivity contribution in [2.45, 2.75) is 12.8 Å². The van der Waals surface area contributed by atoms with Crippen molar-refractivity contribution >= 4 is 17.9 Å². The molecule has 1 unspecified atom stereocenters. The van der Waals surface area contributed by atoms with Crippen LogP contribution in [0, 0.1) is 0 Å². The van der Waals surface area contributed by atoms with Gasteiger partial charge in [0.1, 0.15) is 12.2 Å². The zero-order valence-corrected chi connectivity index (χ0v) is 10.3. The normalized spacial score (nSPS) is 11.7. The summed E-state index contributed by atoms with van der Waals surface area (Å²) in [4.78, 5) is 24.4. The lowest BCUT2D eigenvalue weighted by molar-refractivity contribution is -0.146. The Morgan fingerprint density at radius 1 is 1.35 bits per heavy atom. The molecule has 0 radical (unpaired) electrons. The fourth-order valence-electron chi connectivity index (χ4n) is 1.48. The minimum Gasteiger partial charge on any atom is -0.465 e. The van der Waals surface area contributed by atoms with Gasteiger partial charge < -0.3 is 14.4 Å². The number of aldehydes is 1. The Hall–Kier alpha value is -1.84. The monoisotopic (exact) mass is 235 g/mol. The third-order valence-corrected chi connectivity index (χ3v) is 2.45. The van der Waals surface area contributed by atoms with Gasteiger partial charge in [-0.3, -0.25) is 4.79 Å². The number of hydrogen-bond acceptors (Lipinski definition) is 4. The minimum absolute atomic E-state index is 0.277. The molecule has 1 aromatic rings. The van der Waals surface area contributed by atoms with E-state index in [4.69, 9.17) is 4.74 Å². The summed E-state index contributed by atoms with van der Waals surface area (Å²) in [5, 5.41) is 0. The summed E-state index contributed by atoms with van der Waals surface area (Å²) in [6.45, 7) is 1.99. The average molecular weight is 235 g/mol. The van der Waals surface area contributed by atoms with Gasteiger partial charge in [0.05, 0.1) is 6.61 Å². The van der Waals surface area contributed by atoms with Gasteiger partial charge in [-0.05, 0) is 24.6 Å². The molecule has 4 nitrogen and oxygen atoms in total. The molecule has 0 aliphatic heterocycles. The van der Waals surface area contributed by atoms with E-state index in [1.165, 1.54) is 0 Å². The predicted molar refractivity (Wildman–Crippen MR) is 66.2 cm³/mol. The molecule has 0 spiro atoms. The van der Waals surface area contributed by atoms with E-state index in [-0.39, 0.29) is 6.61 Å². The smallest absolute Gasteiger partial charge is 0.320 e. The maximum absolute atomic E-state index is 11.5. The largest absolute Gasteiger partial charge is 0.465 e. The molecule has 92 valence electrons. The lowest BCUT2D eigenvalue weighted by atomic mass is 10.0. The molecule has 0 aliphatic rings. The van der Waals surface area contributed by atoms with Crippen LogP contribution >= 0.6 is 0 Å². The maximum Gasteiger partial charge on any atom is 0.320 e. The predicted octanol–water partition coefficient (Wildman–Crippen LogP) is 1.60. The Labute approximate surface area is 101 Å². The fraction of sp³-hybridized carbons (Fsp3) is 0.385. The summed E-state index contributed by atoms with van der Waals surface area (Å²) in [6, 6.07) is 7.27. The second-order valence-corrected chi connectivity index (χ2v) is 3.85. The molecule has 0 saturated heterocycles. The molecule has 4 heteroatoms. The van der Waals surface area contributed by atoms with Crippen molar-refractivity contribution < 1.29 is 14.3 Å². The first kappa shape index (κ1) is 13.2. The van der Waals surface area contributed by atoms with Crippen LogP contribution in [-0.4, -0.2) is 33.0 Å². The van der Waals surface area contributed by atoms with Crippen LogP contribution in [0.4, 0.5) is 5.69 Å². The van der Waals surface area contributed by atoms with Crippen LogP contribution in [0.5, 0.6) is 0 Å². The van der Waals surface area contributed by atoms with E-state index < -0.39 is 11.9 Å². The number of hydrogen-bond donors (Lipinski definition) is 0. The molecule has 0 saturated carbocycles. The number of carbonyl (C=O) groups is 2. The van der Waals surface area contributed by atoms with Crippen LogP contribution in [0.25, 0.3) is 0 Å². The maximum atomic E-state index is 11.5. The van der Waals surface area contributed by atoms with Gasteiger partial charge >= 0.3 is 5.97 Å². The van der Waals surface area contributed by atoms with Gasteiger partial charge in [-0.1, -0.05) is 12.1 Å². The van der Waals surface area contributed by atoms with Gasteiger partial charge in [0.2, 0.25) is 0 Å². The van der Waals surface area contributed by atoms with Gasteiger partial charge in [0.25, 0.3) is 0 Å². The van der Waals surface area contributed by atoms with Crippen molar-refractivity contribution in [2.75, 3.05) is 25.6 Å². The molecule has 0 fully saturated rings. The first-order valence-corrected chi connectivity index (χ1v) is 5.49. The summed E-state index contributed by atoms with van der Waals surface area (Å²) in [5.41, 5.74) is 1.67. The Morgan fingerprint density at radius 3 is 2.35 bits per heavy atom. The van der Waals surface area contributed by atoms with Gasteiger partial charge in [-0.15, -0.1) is 0 Å². The van der Waals surface area contributed by atoms with Crippen LogP contribution in [-0.2, 0) is 14.3 Å². The van der Waals surface area contributed by atoms with E-state index in [2.05, 4.69) is 0 Å². The molecular formula is C13H17NO3. The van der Waals surface area contributed by atoms with E-state index >= 15 is 0 Å². The summed E-state index contributed by atoms with van der Waals surface area (Å²) in [5.74, 6) is -1.33. The first-order valence-electron chi connectivity index (χ1n) is 5.49. The molecular weight excluding hydrogens is 218 g/mol. The first-order chi connectivity index (χ1) is 8.10. The highest BCUT2D eigenvalue weighted by atomic mass is 16.5. The topological polar surface area (TPSA) is 46.6 Å². The van der Waals surface area contributed by atoms with E-state index in [0.717, 1.165) is 5.69 Å². The Kier molecular flexibility index (Phi) is 4.69. The van der Waals surface area contributed by atoms with E-state index in [1.807, 2.05) is 31.1 Å². The molecule has 0 bridgehead atoms. The Balaban J connectivity index is 2.89. The highest BCUT2D eigenvalue weighted by molar-refractivity contribution is 5.94. The van der Waals surface area contributed by atoms with E-state index in [1.54, 1.807) is 19.1 Å². The van der Waals surface area contributed by atoms with Crippen LogP contribution in [0.15, 0.2) is 24.3 Å². The number of ether oxygens (including phenoxy) is 1. The molecule has 0 aromatic heterocycles. The molecule has 0 aliphatic carbocycles. The molecule has 1 rings (SSSR count). The van der Waals surface area contributed by atoms with Crippen molar-refractivity contribution in [3.63, 3.8) is 0 Å². The molecule has 0 N–H and O–H groups in total. The number of esters is 1. The standard InChI is InChI=1S/C13H17NO3/c1-4-17-13(16)12(9-15)10-5-7-11(8-6-10)14(2)3/h5-9,12H,4H2,1-3H3.